The van der Waals surface area contributed by atoms with Gasteiger partial charge in [0, 0.05) is 17.7 Å². The van der Waals surface area contributed by atoms with E-state index >= 15 is 0 Å². The summed E-state index contributed by atoms with van der Waals surface area (Å²) in [5, 5.41) is 13.2. The average Bonchev–Trinajstić information content (AvgIpc) is 2.28. The average molecular weight is 272 g/mol. The molecule has 7 heteroatoms. The number of carbonyl (C=O) groups excluding carboxylic acids is 1. The van der Waals surface area contributed by atoms with Crippen molar-refractivity contribution in [2.24, 2.45) is 11.7 Å². The Balaban J connectivity index is 2.77. The number of nitro groups is 1. The summed E-state index contributed by atoms with van der Waals surface area (Å²) in [6.07, 6.45) is 0.576. The lowest BCUT2D eigenvalue weighted by atomic mass is 10.1. The van der Waals surface area contributed by atoms with E-state index in [0.717, 1.165) is 0 Å². The minimum atomic E-state index is -0.578. The molecule has 0 aliphatic carbocycles. The van der Waals surface area contributed by atoms with Gasteiger partial charge >= 0.3 is 0 Å². The summed E-state index contributed by atoms with van der Waals surface area (Å²) >= 11 is 5.74. The number of benzene rings is 1. The van der Waals surface area contributed by atoms with Gasteiger partial charge in [-0.25, -0.2) is 0 Å². The second-order valence-electron chi connectivity index (χ2n) is 3.89. The van der Waals surface area contributed by atoms with Crippen LogP contribution in [0.2, 0.25) is 5.02 Å². The van der Waals surface area contributed by atoms with E-state index in [1.165, 1.54) is 18.2 Å². The molecule has 0 saturated heterocycles. The Morgan fingerprint density at radius 2 is 2.28 bits per heavy atom. The molecule has 98 valence electrons. The predicted octanol–water partition coefficient (Wildman–Crippen LogP) is 2.17. The fourth-order valence-corrected chi connectivity index (χ4v) is 1.63. The number of nitrogens with zero attached hydrogens (tertiary/aromatic N) is 1. The second-order valence-corrected chi connectivity index (χ2v) is 4.30. The number of nitro benzene ring substituents is 1. The first-order valence-electron chi connectivity index (χ1n) is 5.40. The molecule has 0 bridgehead atoms. The zero-order valence-corrected chi connectivity index (χ0v) is 10.6. The predicted molar refractivity (Wildman–Crippen MR) is 69.6 cm³/mol. The van der Waals surface area contributed by atoms with Gasteiger partial charge in [0.1, 0.15) is 5.02 Å². The molecule has 3 N–H and O–H groups in total. The monoisotopic (exact) mass is 271 g/mol. The van der Waals surface area contributed by atoms with E-state index in [1.54, 1.807) is 6.92 Å². The summed E-state index contributed by atoms with van der Waals surface area (Å²) in [5.41, 5.74) is 5.60. The van der Waals surface area contributed by atoms with Crippen molar-refractivity contribution in [1.82, 2.24) is 0 Å². The molecule has 0 saturated carbocycles. The highest BCUT2D eigenvalue weighted by atomic mass is 35.5. The Hall–Kier alpha value is -1.66. The molecule has 0 aromatic heterocycles. The maximum Gasteiger partial charge on any atom is 0.288 e. The lowest BCUT2D eigenvalue weighted by molar-refractivity contribution is -0.384. The molecular formula is C11H14ClN3O3. The fourth-order valence-electron chi connectivity index (χ4n) is 1.38. The number of hydrogen-bond acceptors (Lipinski definition) is 4. The smallest absolute Gasteiger partial charge is 0.288 e. The summed E-state index contributed by atoms with van der Waals surface area (Å²) in [5.74, 6) is -0.408. The van der Waals surface area contributed by atoms with Gasteiger partial charge in [0.05, 0.1) is 4.92 Å². The minimum Gasteiger partial charge on any atom is -0.330 e. The van der Waals surface area contributed by atoms with E-state index in [1.807, 2.05) is 0 Å². The lowest BCUT2D eigenvalue weighted by Gasteiger charge is -2.11. The fraction of sp³-hybridized carbons (Fsp3) is 0.364. The van der Waals surface area contributed by atoms with Crippen molar-refractivity contribution in [1.29, 1.82) is 0 Å². The van der Waals surface area contributed by atoms with Crippen molar-refractivity contribution < 1.29 is 9.72 Å². The molecule has 1 aromatic carbocycles. The topological polar surface area (TPSA) is 98.3 Å². The molecule has 1 unspecified atom stereocenters. The molecule has 0 spiro atoms. The third-order valence-corrected chi connectivity index (χ3v) is 2.76. The molecule has 1 rings (SSSR count). The van der Waals surface area contributed by atoms with E-state index in [4.69, 9.17) is 17.3 Å². The van der Waals surface area contributed by atoms with E-state index in [9.17, 15) is 14.9 Å². The number of nitrogens with one attached hydrogen (secondary N) is 1. The first-order valence-corrected chi connectivity index (χ1v) is 5.78. The number of nitrogens with two attached hydrogens (primary N) is 1. The molecule has 0 radical (unpaired) electrons. The van der Waals surface area contributed by atoms with Crippen molar-refractivity contribution in [3.8, 4) is 0 Å². The zero-order valence-electron chi connectivity index (χ0n) is 9.85. The van der Waals surface area contributed by atoms with Gasteiger partial charge in [-0.05, 0) is 25.1 Å². The van der Waals surface area contributed by atoms with Crippen LogP contribution in [-0.4, -0.2) is 17.4 Å². The Morgan fingerprint density at radius 3 is 2.78 bits per heavy atom. The van der Waals surface area contributed by atoms with Crippen molar-refractivity contribution in [2.75, 3.05) is 11.9 Å². The van der Waals surface area contributed by atoms with Gasteiger partial charge < -0.3 is 11.1 Å². The van der Waals surface area contributed by atoms with Gasteiger partial charge in [0.25, 0.3) is 5.69 Å². The largest absolute Gasteiger partial charge is 0.330 e. The Bertz CT molecular complexity index is 465. The summed E-state index contributed by atoms with van der Waals surface area (Å²) in [4.78, 5) is 21.7. The van der Waals surface area contributed by atoms with Gasteiger partial charge in [-0.1, -0.05) is 18.5 Å². The van der Waals surface area contributed by atoms with Gasteiger partial charge in [-0.2, -0.15) is 0 Å². The summed E-state index contributed by atoms with van der Waals surface area (Å²) < 4.78 is 0. The summed E-state index contributed by atoms with van der Waals surface area (Å²) in [7, 11) is 0. The normalized spacial score (nSPS) is 11.9. The molecule has 0 aliphatic rings. The Kier molecular flexibility index (Phi) is 5.06. The minimum absolute atomic E-state index is 0.00993. The second kappa shape index (κ2) is 6.32. The standard InChI is InChI=1S/C11H14ClN3O3/c1-7(4-5-13)11(16)14-8-2-3-10(15(17)18)9(12)6-8/h2-3,6-7H,4-5,13H2,1H3,(H,14,16). The Morgan fingerprint density at radius 1 is 1.61 bits per heavy atom. The molecular weight excluding hydrogens is 258 g/mol. The lowest BCUT2D eigenvalue weighted by Crippen LogP contribution is -2.22. The number of halogens is 1. The maximum atomic E-state index is 11.7. The highest BCUT2D eigenvalue weighted by Gasteiger charge is 2.15. The third kappa shape index (κ3) is 3.68. The van der Waals surface area contributed by atoms with Crippen LogP contribution < -0.4 is 11.1 Å². The molecule has 0 aliphatic heterocycles. The number of hydrogen-bond donors (Lipinski definition) is 2. The molecule has 1 atom stereocenters. The van der Waals surface area contributed by atoms with Gasteiger partial charge in [0.2, 0.25) is 5.91 Å². The van der Waals surface area contributed by atoms with Crippen molar-refractivity contribution in [3.63, 3.8) is 0 Å². The molecule has 0 fully saturated rings. The van der Waals surface area contributed by atoms with Gasteiger partial charge in [-0.3, -0.25) is 14.9 Å². The number of amides is 1. The molecule has 0 heterocycles. The van der Waals surface area contributed by atoms with E-state index in [-0.39, 0.29) is 22.5 Å². The molecule has 18 heavy (non-hydrogen) atoms. The van der Waals surface area contributed by atoms with E-state index in [2.05, 4.69) is 5.32 Å². The third-order valence-electron chi connectivity index (χ3n) is 2.46. The highest BCUT2D eigenvalue weighted by Crippen LogP contribution is 2.27. The molecule has 1 amide bonds. The number of carbonyl (C=O) groups is 1. The van der Waals surface area contributed by atoms with E-state index in [0.29, 0.717) is 18.7 Å². The van der Waals surface area contributed by atoms with Crippen LogP contribution >= 0.6 is 11.6 Å². The molecule has 6 nitrogen and oxygen atoms in total. The van der Waals surface area contributed by atoms with Crippen LogP contribution in [0.25, 0.3) is 0 Å². The van der Waals surface area contributed by atoms with Crippen molar-refractivity contribution in [3.05, 3.63) is 33.3 Å². The van der Waals surface area contributed by atoms with Crippen LogP contribution in [0.15, 0.2) is 18.2 Å². The van der Waals surface area contributed by atoms with Crippen molar-refractivity contribution in [2.45, 2.75) is 13.3 Å². The van der Waals surface area contributed by atoms with Crippen LogP contribution in [0, 0.1) is 16.0 Å². The van der Waals surface area contributed by atoms with Crippen LogP contribution in [0.4, 0.5) is 11.4 Å². The maximum absolute atomic E-state index is 11.7. The van der Waals surface area contributed by atoms with Crippen LogP contribution in [-0.2, 0) is 4.79 Å². The van der Waals surface area contributed by atoms with Crippen LogP contribution in [0.5, 0.6) is 0 Å². The SMILES string of the molecule is CC(CCN)C(=O)Nc1ccc([N+](=O)[O-])c(Cl)c1. The summed E-state index contributed by atoms with van der Waals surface area (Å²) in [6, 6.07) is 4.05. The van der Waals surface area contributed by atoms with Crippen LogP contribution in [0.3, 0.4) is 0 Å². The van der Waals surface area contributed by atoms with Crippen molar-refractivity contribution >= 4 is 28.9 Å². The number of rotatable bonds is 5. The summed E-state index contributed by atoms with van der Waals surface area (Å²) in [6.45, 7) is 2.19. The van der Waals surface area contributed by atoms with Gasteiger partial charge in [-0.15, -0.1) is 0 Å². The highest BCUT2D eigenvalue weighted by molar-refractivity contribution is 6.33. The first kappa shape index (κ1) is 14.4. The Labute approximate surface area is 109 Å². The van der Waals surface area contributed by atoms with Crippen LogP contribution in [0.1, 0.15) is 13.3 Å². The first-order chi connectivity index (χ1) is 8.45. The quantitative estimate of drug-likeness (QED) is 0.633. The van der Waals surface area contributed by atoms with E-state index < -0.39 is 4.92 Å². The number of anilines is 1. The molecule has 1 aromatic rings. The zero-order chi connectivity index (χ0) is 13.7. The van der Waals surface area contributed by atoms with Gasteiger partial charge in [0.15, 0.2) is 0 Å².